The number of nitrogens with one attached hydrogen (secondary N) is 1. The van der Waals surface area contributed by atoms with Gasteiger partial charge in [0, 0.05) is 11.1 Å². The summed E-state index contributed by atoms with van der Waals surface area (Å²) in [4.78, 5) is 16.0. The molecule has 0 radical (unpaired) electrons. The lowest BCUT2D eigenvalue weighted by molar-refractivity contribution is 0.0378. The summed E-state index contributed by atoms with van der Waals surface area (Å²) in [6.45, 7) is 5.72. The van der Waals surface area contributed by atoms with E-state index < -0.39 is 0 Å². The molecule has 0 aliphatic heterocycles. The molecule has 0 spiro atoms. The molecule has 5 heteroatoms. The van der Waals surface area contributed by atoms with Gasteiger partial charge in [0.25, 0.3) is 0 Å². The molecule has 0 bridgehead atoms. The number of nitrogens with zero attached hydrogens (tertiary/aromatic N) is 1. The normalized spacial score (nSPS) is 12.2. The highest BCUT2D eigenvalue weighted by Crippen LogP contribution is 2.19. The summed E-state index contributed by atoms with van der Waals surface area (Å²) in [6.07, 6.45) is -0.106. The first-order valence-electron chi connectivity index (χ1n) is 6.52. The van der Waals surface area contributed by atoms with Gasteiger partial charge in [-0.15, -0.1) is 11.3 Å². The second-order valence-corrected chi connectivity index (χ2v) is 5.53. The zero-order valence-corrected chi connectivity index (χ0v) is 12.6. The molecule has 1 N–H and O–H groups in total. The van der Waals surface area contributed by atoms with Gasteiger partial charge in [0.2, 0.25) is 0 Å². The number of thiazole rings is 1. The summed E-state index contributed by atoms with van der Waals surface area (Å²) >= 11 is 1.58. The predicted octanol–water partition coefficient (Wildman–Crippen LogP) is 3.88. The highest BCUT2D eigenvalue weighted by atomic mass is 32.1. The molecule has 2 aromatic rings. The lowest BCUT2D eigenvalue weighted by atomic mass is 10.2. The summed E-state index contributed by atoms with van der Waals surface area (Å²) in [5.74, 6) is -0.293. The Morgan fingerprint density at radius 2 is 1.95 bits per heavy atom. The lowest BCUT2D eigenvalue weighted by Crippen LogP contribution is -2.12. The predicted molar refractivity (Wildman–Crippen MR) is 81.1 cm³/mol. The quantitative estimate of drug-likeness (QED) is 0.849. The van der Waals surface area contributed by atoms with Crippen LogP contribution < -0.4 is 5.32 Å². The average Bonchev–Trinajstić information content (AvgIpc) is 2.92. The van der Waals surface area contributed by atoms with Gasteiger partial charge in [0.1, 0.15) is 0 Å². The minimum absolute atomic E-state index is 0.106. The van der Waals surface area contributed by atoms with Crippen molar-refractivity contribution in [2.45, 2.75) is 32.9 Å². The molecular formula is C15H18N2O2S. The van der Waals surface area contributed by atoms with Crippen molar-refractivity contribution >= 4 is 23.0 Å². The summed E-state index contributed by atoms with van der Waals surface area (Å²) < 4.78 is 5.15. The Morgan fingerprint density at radius 1 is 1.25 bits per heavy atom. The average molecular weight is 290 g/mol. The third-order valence-corrected chi connectivity index (χ3v) is 3.35. The van der Waals surface area contributed by atoms with Crippen LogP contribution in [0.25, 0.3) is 0 Å². The number of hydrogen-bond acceptors (Lipinski definition) is 5. The first-order chi connectivity index (χ1) is 9.56. The van der Waals surface area contributed by atoms with Crippen LogP contribution in [0.15, 0.2) is 35.2 Å². The molecule has 0 saturated heterocycles. The zero-order valence-electron chi connectivity index (χ0n) is 11.8. The highest BCUT2D eigenvalue weighted by Gasteiger charge is 2.10. The summed E-state index contributed by atoms with van der Waals surface area (Å²) in [6, 6.07) is 7.41. The maximum absolute atomic E-state index is 11.7. The Kier molecular flexibility index (Phi) is 4.74. The molecule has 106 valence electrons. The molecule has 1 heterocycles. The molecule has 1 aromatic heterocycles. The maximum atomic E-state index is 11.7. The number of carbonyl (C=O) groups is 1. The number of aromatic nitrogens is 1. The smallest absolute Gasteiger partial charge is 0.338 e. The molecule has 4 nitrogen and oxygen atoms in total. The molecule has 0 amide bonds. The number of rotatable bonds is 5. The van der Waals surface area contributed by atoms with E-state index in [1.807, 2.05) is 36.9 Å². The van der Waals surface area contributed by atoms with E-state index in [1.165, 1.54) is 0 Å². The first kappa shape index (κ1) is 14.5. The Balaban J connectivity index is 1.99. The van der Waals surface area contributed by atoms with Crippen molar-refractivity contribution in [3.05, 3.63) is 46.4 Å². The minimum Gasteiger partial charge on any atom is -0.459 e. The van der Waals surface area contributed by atoms with Crippen molar-refractivity contribution in [1.82, 2.24) is 4.98 Å². The SMILES string of the molecule is CC(C)OC(=O)c1ccc(NC(C)c2cscn2)cc1. The second kappa shape index (κ2) is 6.52. The molecule has 0 aliphatic carbocycles. The molecule has 0 fully saturated rings. The van der Waals surface area contributed by atoms with Gasteiger partial charge in [0.05, 0.1) is 28.9 Å². The molecule has 1 unspecified atom stereocenters. The van der Waals surface area contributed by atoms with Crippen LogP contribution in [0.2, 0.25) is 0 Å². The largest absolute Gasteiger partial charge is 0.459 e. The Morgan fingerprint density at radius 3 is 2.50 bits per heavy atom. The van der Waals surface area contributed by atoms with Crippen molar-refractivity contribution in [2.24, 2.45) is 0 Å². The summed E-state index contributed by atoms with van der Waals surface area (Å²) in [5, 5.41) is 5.36. The fourth-order valence-corrected chi connectivity index (χ4v) is 2.39. The maximum Gasteiger partial charge on any atom is 0.338 e. The van der Waals surface area contributed by atoms with E-state index in [0.717, 1.165) is 11.4 Å². The van der Waals surface area contributed by atoms with Crippen LogP contribution in [0.1, 0.15) is 42.9 Å². The van der Waals surface area contributed by atoms with Gasteiger partial charge >= 0.3 is 5.97 Å². The van der Waals surface area contributed by atoms with Crippen LogP contribution in [-0.2, 0) is 4.74 Å². The van der Waals surface area contributed by atoms with E-state index in [1.54, 1.807) is 23.5 Å². The van der Waals surface area contributed by atoms with Crippen LogP contribution in [0, 0.1) is 0 Å². The topological polar surface area (TPSA) is 51.2 Å². The number of ether oxygens (including phenoxy) is 1. The second-order valence-electron chi connectivity index (χ2n) is 4.81. The first-order valence-corrected chi connectivity index (χ1v) is 7.46. The fraction of sp³-hybridized carbons (Fsp3) is 0.333. The third-order valence-electron chi connectivity index (χ3n) is 2.74. The van der Waals surface area contributed by atoms with Crippen molar-refractivity contribution in [3.8, 4) is 0 Å². The van der Waals surface area contributed by atoms with Gasteiger partial charge < -0.3 is 10.1 Å². The van der Waals surface area contributed by atoms with Gasteiger partial charge in [-0.25, -0.2) is 9.78 Å². The van der Waals surface area contributed by atoms with E-state index >= 15 is 0 Å². The Bertz CT molecular complexity index is 550. The standard InChI is InChI=1S/C15H18N2O2S/c1-10(2)19-15(18)12-4-6-13(7-5-12)17-11(3)14-8-20-9-16-14/h4-11,17H,1-3H3. The van der Waals surface area contributed by atoms with Crippen LogP contribution in [0.4, 0.5) is 5.69 Å². The van der Waals surface area contributed by atoms with Gasteiger partial charge in [-0.1, -0.05) is 0 Å². The number of hydrogen-bond donors (Lipinski definition) is 1. The molecule has 1 atom stereocenters. The van der Waals surface area contributed by atoms with Gasteiger partial charge in [-0.2, -0.15) is 0 Å². The van der Waals surface area contributed by atoms with Crippen molar-refractivity contribution < 1.29 is 9.53 Å². The van der Waals surface area contributed by atoms with E-state index in [2.05, 4.69) is 17.2 Å². The van der Waals surface area contributed by atoms with E-state index in [9.17, 15) is 4.79 Å². The summed E-state index contributed by atoms with van der Waals surface area (Å²) in [5.41, 5.74) is 4.34. The summed E-state index contributed by atoms with van der Waals surface area (Å²) in [7, 11) is 0. The van der Waals surface area contributed by atoms with Crippen molar-refractivity contribution in [2.75, 3.05) is 5.32 Å². The number of benzene rings is 1. The monoisotopic (exact) mass is 290 g/mol. The fourth-order valence-electron chi connectivity index (χ4n) is 1.74. The minimum atomic E-state index is -0.293. The van der Waals surface area contributed by atoms with Crippen LogP contribution in [0.5, 0.6) is 0 Å². The van der Waals surface area contributed by atoms with E-state index in [-0.39, 0.29) is 18.1 Å². The molecule has 1 aromatic carbocycles. The number of esters is 1. The van der Waals surface area contributed by atoms with Gasteiger partial charge in [-0.05, 0) is 45.0 Å². The van der Waals surface area contributed by atoms with Crippen molar-refractivity contribution in [3.63, 3.8) is 0 Å². The highest BCUT2D eigenvalue weighted by molar-refractivity contribution is 7.07. The molecule has 0 saturated carbocycles. The van der Waals surface area contributed by atoms with Crippen LogP contribution in [-0.4, -0.2) is 17.1 Å². The molecular weight excluding hydrogens is 272 g/mol. The lowest BCUT2D eigenvalue weighted by Gasteiger charge is -2.13. The number of anilines is 1. The Hall–Kier alpha value is -1.88. The molecule has 2 rings (SSSR count). The van der Waals surface area contributed by atoms with Crippen LogP contribution in [0.3, 0.4) is 0 Å². The molecule has 0 aliphatic rings. The zero-order chi connectivity index (χ0) is 14.5. The third kappa shape index (κ3) is 3.81. The Labute approximate surface area is 122 Å². The van der Waals surface area contributed by atoms with Crippen molar-refractivity contribution in [1.29, 1.82) is 0 Å². The van der Waals surface area contributed by atoms with Gasteiger partial charge in [0.15, 0.2) is 0 Å². The van der Waals surface area contributed by atoms with Crippen LogP contribution >= 0.6 is 11.3 Å². The molecule has 20 heavy (non-hydrogen) atoms. The van der Waals surface area contributed by atoms with E-state index in [0.29, 0.717) is 5.56 Å². The van der Waals surface area contributed by atoms with E-state index in [4.69, 9.17) is 4.74 Å². The van der Waals surface area contributed by atoms with Gasteiger partial charge in [-0.3, -0.25) is 0 Å². The number of carbonyl (C=O) groups excluding carboxylic acids is 1.